The maximum Gasteiger partial charge on any atom is 0.323 e. The van der Waals surface area contributed by atoms with Crippen molar-refractivity contribution < 1.29 is 18.0 Å². The van der Waals surface area contributed by atoms with Gasteiger partial charge in [0.1, 0.15) is 0 Å². The number of carbonyl (C=O) groups is 2. The van der Waals surface area contributed by atoms with Crippen LogP contribution in [-0.2, 0) is 9.84 Å². The molecule has 5 aromatic rings. The van der Waals surface area contributed by atoms with Gasteiger partial charge in [-0.15, -0.1) is 0 Å². The third-order valence-electron chi connectivity index (χ3n) is 6.19. The summed E-state index contributed by atoms with van der Waals surface area (Å²) in [4.78, 5) is 25.4. The average molecular weight is 563 g/mol. The van der Waals surface area contributed by atoms with E-state index in [1.807, 2.05) is 48.5 Å². The van der Waals surface area contributed by atoms with Crippen LogP contribution in [-0.4, -0.2) is 36.3 Å². The highest BCUT2D eigenvalue weighted by atomic mass is 32.2. The van der Waals surface area contributed by atoms with Crippen molar-refractivity contribution in [3.8, 4) is 16.9 Å². The van der Waals surface area contributed by atoms with Crippen molar-refractivity contribution in [2.75, 3.05) is 16.9 Å². The van der Waals surface area contributed by atoms with Gasteiger partial charge in [-0.2, -0.15) is 5.10 Å². The minimum Gasteiger partial charge on any atom is -0.308 e. The zero-order chi connectivity index (χ0) is 28.8. The zero-order valence-electron chi connectivity index (χ0n) is 22.1. The highest BCUT2D eigenvalue weighted by Gasteiger charge is 2.13. The fourth-order valence-electron chi connectivity index (χ4n) is 4.10. The predicted octanol–water partition coefficient (Wildman–Crippen LogP) is 6.48. The van der Waals surface area contributed by atoms with E-state index in [9.17, 15) is 18.0 Å². The van der Waals surface area contributed by atoms with Crippen LogP contribution in [0.5, 0.6) is 0 Å². The normalized spacial score (nSPS) is 11.3. The number of hydrogen-bond donors (Lipinski definition) is 2. The van der Waals surface area contributed by atoms with Crippen LogP contribution in [0.15, 0.2) is 126 Å². The topological polar surface area (TPSA) is 110 Å². The standard InChI is InChI=1S/C32H26N4O4S/c1-41(39,40)29-19-17-28(18-20-29)36-22-25(31(35-36)24-8-4-2-5-9-24)14-21-30(37)23-12-15-27(16-13-23)34-32(38)33-26-10-6-3-7-11-26/h2-22H,1H3,(H2,33,34,38)/b21-14+. The molecule has 0 bridgehead atoms. The molecule has 2 amide bonds. The fourth-order valence-corrected chi connectivity index (χ4v) is 4.73. The minimum absolute atomic E-state index is 0.213. The molecule has 1 aromatic heterocycles. The number of hydrogen-bond acceptors (Lipinski definition) is 5. The Morgan fingerprint density at radius 3 is 1.95 bits per heavy atom. The fraction of sp³-hybridized carbons (Fsp3) is 0.0312. The van der Waals surface area contributed by atoms with E-state index >= 15 is 0 Å². The summed E-state index contributed by atoms with van der Waals surface area (Å²) in [5.74, 6) is -0.213. The first-order valence-electron chi connectivity index (χ1n) is 12.7. The number of sulfone groups is 1. The lowest BCUT2D eigenvalue weighted by molar-refractivity contribution is 0.104. The van der Waals surface area contributed by atoms with Crippen LogP contribution < -0.4 is 10.6 Å². The third-order valence-corrected chi connectivity index (χ3v) is 7.32. The number of para-hydroxylation sites is 1. The van der Waals surface area contributed by atoms with Gasteiger partial charge < -0.3 is 10.6 Å². The number of rotatable bonds is 8. The van der Waals surface area contributed by atoms with E-state index in [1.165, 1.54) is 18.2 Å². The summed E-state index contributed by atoms with van der Waals surface area (Å²) >= 11 is 0. The maximum atomic E-state index is 13.0. The van der Waals surface area contributed by atoms with Gasteiger partial charge in [0.15, 0.2) is 15.6 Å². The van der Waals surface area contributed by atoms with Crippen LogP contribution in [0.2, 0.25) is 0 Å². The molecule has 0 aliphatic rings. The van der Waals surface area contributed by atoms with Gasteiger partial charge in [0.2, 0.25) is 0 Å². The summed E-state index contributed by atoms with van der Waals surface area (Å²) in [7, 11) is -3.32. The molecule has 0 saturated carbocycles. The van der Waals surface area contributed by atoms with Crippen LogP contribution >= 0.6 is 0 Å². The maximum absolute atomic E-state index is 13.0. The predicted molar refractivity (Wildman–Crippen MR) is 161 cm³/mol. The largest absolute Gasteiger partial charge is 0.323 e. The molecule has 0 fully saturated rings. The lowest BCUT2D eigenvalue weighted by Gasteiger charge is -2.07. The minimum atomic E-state index is -3.32. The molecule has 0 aliphatic carbocycles. The molecule has 5 rings (SSSR count). The average Bonchev–Trinajstić information content (AvgIpc) is 3.41. The molecule has 1 heterocycles. The molecule has 0 radical (unpaired) electrons. The summed E-state index contributed by atoms with van der Waals surface area (Å²) in [6.45, 7) is 0. The molecule has 0 atom stereocenters. The Hall–Kier alpha value is -5.28. The highest BCUT2D eigenvalue weighted by molar-refractivity contribution is 7.90. The van der Waals surface area contributed by atoms with Crippen molar-refractivity contribution in [2.45, 2.75) is 4.90 Å². The second-order valence-corrected chi connectivity index (χ2v) is 11.2. The SMILES string of the molecule is CS(=O)(=O)c1ccc(-n2cc(/C=C/C(=O)c3ccc(NC(=O)Nc4ccccc4)cc3)c(-c3ccccc3)n2)cc1. The smallest absolute Gasteiger partial charge is 0.308 e. The molecule has 0 saturated heterocycles. The van der Waals surface area contributed by atoms with Crippen molar-refractivity contribution in [3.63, 3.8) is 0 Å². The quantitative estimate of drug-likeness (QED) is 0.166. The van der Waals surface area contributed by atoms with Crippen LogP contribution in [0.4, 0.5) is 16.2 Å². The van der Waals surface area contributed by atoms with Gasteiger partial charge in [-0.25, -0.2) is 17.9 Å². The van der Waals surface area contributed by atoms with Gasteiger partial charge in [-0.1, -0.05) is 48.5 Å². The third kappa shape index (κ3) is 6.84. The van der Waals surface area contributed by atoms with Gasteiger partial charge in [-0.05, 0) is 72.8 Å². The van der Waals surface area contributed by atoms with Gasteiger partial charge in [0.25, 0.3) is 0 Å². The summed E-state index contributed by atoms with van der Waals surface area (Å²) in [6.07, 6.45) is 6.14. The molecular formula is C32H26N4O4S. The Balaban J connectivity index is 1.34. The number of benzene rings is 4. The number of anilines is 2. The highest BCUT2D eigenvalue weighted by Crippen LogP contribution is 2.25. The van der Waals surface area contributed by atoms with E-state index in [4.69, 9.17) is 5.10 Å². The van der Waals surface area contributed by atoms with E-state index in [-0.39, 0.29) is 16.7 Å². The molecular weight excluding hydrogens is 536 g/mol. The Kier molecular flexibility index (Phi) is 7.89. The second kappa shape index (κ2) is 11.8. The number of amides is 2. The van der Waals surface area contributed by atoms with E-state index in [0.717, 1.165) is 11.8 Å². The number of allylic oxidation sites excluding steroid dienone is 1. The van der Waals surface area contributed by atoms with Crippen molar-refractivity contribution in [1.29, 1.82) is 0 Å². The lowest BCUT2D eigenvalue weighted by atomic mass is 10.1. The van der Waals surface area contributed by atoms with Gasteiger partial charge in [-0.3, -0.25) is 4.79 Å². The van der Waals surface area contributed by atoms with Crippen LogP contribution in [0, 0.1) is 0 Å². The zero-order valence-corrected chi connectivity index (χ0v) is 22.9. The molecule has 8 nitrogen and oxygen atoms in total. The van der Waals surface area contributed by atoms with E-state index < -0.39 is 9.84 Å². The first-order valence-corrected chi connectivity index (χ1v) is 14.6. The summed E-state index contributed by atoms with van der Waals surface area (Å²) in [5, 5.41) is 10.2. The van der Waals surface area contributed by atoms with Crippen LogP contribution in [0.25, 0.3) is 23.0 Å². The van der Waals surface area contributed by atoms with E-state index in [1.54, 1.807) is 65.5 Å². The van der Waals surface area contributed by atoms with E-state index in [2.05, 4.69) is 10.6 Å². The molecule has 0 unspecified atom stereocenters. The van der Waals surface area contributed by atoms with Gasteiger partial charge >= 0.3 is 6.03 Å². The summed E-state index contributed by atoms with van der Waals surface area (Å²) < 4.78 is 25.3. The van der Waals surface area contributed by atoms with Crippen molar-refractivity contribution in [2.24, 2.45) is 0 Å². The summed E-state index contributed by atoms with van der Waals surface area (Å²) in [5.41, 5.74) is 4.62. The van der Waals surface area contributed by atoms with Gasteiger partial charge in [0.05, 0.1) is 16.3 Å². The Labute approximate surface area is 237 Å². The molecule has 9 heteroatoms. The molecule has 2 N–H and O–H groups in total. The number of aromatic nitrogens is 2. The summed E-state index contributed by atoms with van der Waals surface area (Å²) in [6, 6.07) is 31.4. The van der Waals surface area contributed by atoms with Crippen molar-refractivity contribution >= 4 is 39.1 Å². The monoisotopic (exact) mass is 562 g/mol. The number of urea groups is 1. The van der Waals surface area contributed by atoms with Crippen LogP contribution in [0.3, 0.4) is 0 Å². The Bertz CT molecular complexity index is 1810. The Morgan fingerprint density at radius 1 is 0.756 bits per heavy atom. The van der Waals surface area contributed by atoms with Crippen LogP contribution in [0.1, 0.15) is 15.9 Å². The number of nitrogens with one attached hydrogen (secondary N) is 2. The molecule has 0 aliphatic heterocycles. The molecule has 4 aromatic carbocycles. The number of nitrogens with zero attached hydrogens (tertiary/aromatic N) is 2. The van der Waals surface area contributed by atoms with Crippen molar-refractivity contribution in [3.05, 3.63) is 133 Å². The van der Waals surface area contributed by atoms with E-state index in [0.29, 0.717) is 33.9 Å². The second-order valence-electron chi connectivity index (χ2n) is 9.23. The Morgan fingerprint density at radius 2 is 1.34 bits per heavy atom. The van der Waals surface area contributed by atoms with Gasteiger partial charge in [0, 0.05) is 40.5 Å². The molecule has 204 valence electrons. The molecule has 0 spiro atoms. The van der Waals surface area contributed by atoms with Crippen molar-refractivity contribution in [1.82, 2.24) is 9.78 Å². The first-order chi connectivity index (χ1) is 19.8. The number of carbonyl (C=O) groups excluding carboxylic acids is 2. The molecule has 41 heavy (non-hydrogen) atoms. The lowest BCUT2D eigenvalue weighted by Crippen LogP contribution is -2.19. The number of ketones is 1. The first kappa shape index (κ1) is 27.3.